The quantitative estimate of drug-likeness (QED) is 0.441. The molecule has 0 rings (SSSR count). The van der Waals surface area contributed by atoms with Crippen molar-refractivity contribution in [1.82, 2.24) is 5.32 Å². The van der Waals surface area contributed by atoms with Gasteiger partial charge in [0.2, 0.25) is 0 Å². The average molecular weight is 241 g/mol. The van der Waals surface area contributed by atoms with Gasteiger partial charge < -0.3 is 5.32 Å². The number of hydrogen-bond donors (Lipinski definition) is 1. The van der Waals surface area contributed by atoms with Gasteiger partial charge in [-0.15, -0.1) is 0 Å². The molecule has 1 unspecified atom stereocenters. The maximum Gasteiger partial charge on any atom is 0.0121 e. The molecule has 0 aromatic heterocycles. The van der Waals surface area contributed by atoms with Crippen molar-refractivity contribution in [1.29, 1.82) is 0 Å². The summed E-state index contributed by atoms with van der Waals surface area (Å²) in [5.41, 5.74) is 0. The maximum absolute atomic E-state index is 3.38. The lowest BCUT2D eigenvalue weighted by atomic mass is 10.1. The topological polar surface area (TPSA) is 12.0 Å². The van der Waals surface area contributed by atoms with Gasteiger partial charge in [-0.1, -0.05) is 42.9 Å². The van der Waals surface area contributed by atoms with Crippen LogP contribution in [0.15, 0.2) is 0 Å². The van der Waals surface area contributed by atoms with E-state index in [1.807, 2.05) is 0 Å². The van der Waals surface area contributed by atoms with E-state index in [0.29, 0.717) is 0 Å². The third-order valence-electron chi connectivity index (χ3n) is 1.46. The van der Waals surface area contributed by atoms with Gasteiger partial charge in [0.15, 0.2) is 0 Å². The zero-order valence-electron chi connectivity index (χ0n) is 6.28. The molecule has 0 saturated heterocycles. The summed E-state index contributed by atoms with van der Waals surface area (Å²) in [5, 5.41) is 3.38. The fourth-order valence-corrected chi connectivity index (χ4v) is 0.941. The highest BCUT2D eigenvalue weighted by molar-refractivity contribution is 14.1. The Morgan fingerprint density at radius 2 is 2.22 bits per heavy atom. The number of nitrogens with one attached hydrogen (secondary N) is 1. The Kier molecular flexibility index (Phi) is 7.33. The largest absolute Gasteiger partial charge is 0.316 e. The molecule has 0 bridgehead atoms. The average Bonchev–Trinajstić information content (AvgIpc) is 1.89. The summed E-state index contributed by atoms with van der Waals surface area (Å²) >= 11 is 2.38. The van der Waals surface area contributed by atoms with Gasteiger partial charge in [0.25, 0.3) is 0 Å². The first-order valence-electron chi connectivity index (χ1n) is 3.58. The van der Waals surface area contributed by atoms with E-state index in [4.69, 9.17) is 0 Å². The predicted molar refractivity (Wildman–Crippen MR) is 51.2 cm³/mol. The molecule has 0 amide bonds. The maximum atomic E-state index is 3.38. The lowest BCUT2D eigenvalue weighted by Gasteiger charge is -2.07. The molecule has 0 aromatic rings. The van der Waals surface area contributed by atoms with Gasteiger partial charge >= 0.3 is 0 Å². The van der Waals surface area contributed by atoms with Crippen LogP contribution in [0.1, 0.15) is 20.3 Å². The number of rotatable bonds is 5. The second kappa shape index (κ2) is 6.81. The summed E-state index contributed by atoms with van der Waals surface area (Å²) in [7, 11) is 0. The highest BCUT2D eigenvalue weighted by Gasteiger charge is 1.94. The van der Waals surface area contributed by atoms with Crippen LogP contribution in [0.2, 0.25) is 0 Å². The minimum absolute atomic E-state index is 0.841. The molecule has 0 fully saturated rings. The van der Waals surface area contributed by atoms with E-state index in [1.54, 1.807) is 0 Å². The van der Waals surface area contributed by atoms with E-state index in [0.717, 1.165) is 12.5 Å². The first-order valence-corrected chi connectivity index (χ1v) is 5.10. The molecule has 1 atom stereocenters. The molecule has 0 aliphatic rings. The van der Waals surface area contributed by atoms with Crippen molar-refractivity contribution in [3.8, 4) is 0 Å². The fourth-order valence-electron chi connectivity index (χ4n) is 0.560. The molecule has 9 heavy (non-hydrogen) atoms. The van der Waals surface area contributed by atoms with Crippen molar-refractivity contribution in [2.24, 2.45) is 5.92 Å². The minimum Gasteiger partial charge on any atom is -0.316 e. The summed E-state index contributed by atoms with van der Waals surface area (Å²) in [6, 6.07) is 0. The molecule has 2 heteroatoms. The SMILES string of the molecule is CCC(C)CNCCI. The van der Waals surface area contributed by atoms with Crippen molar-refractivity contribution in [2.75, 3.05) is 17.5 Å². The number of alkyl halides is 1. The summed E-state index contributed by atoms with van der Waals surface area (Å²) in [4.78, 5) is 0. The van der Waals surface area contributed by atoms with E-state index in [2.05, 4.69) is 41.8 Å². The van der Waals surface area contributed by atoms with E-state index in [-0.39, 0.29) is 0 Å². The van der Waals surface area contributed by atoms with Crippen molar-refractivity contribution >= 4 is 22.6 Å². The van der Waals surface area contributed by atoms with E-state index >= 15 is 0 Å². The molecule has 0 radical (unpaired) electrons. The first kappa shape index (κ1) is 9.69. The molecule has 0 spiro atoms. The van der Waals surface area contributed by atoms with Gasteiger partial charge in [0.1, 0.15) is 0 Å². The second-order valence-corrected chi connectivity index (χ2v) is 3.49. The van der Waals surface area contributed by atoms with E-state index in [9.17, 15) is 0 Å². The normalized spacial score (nSPS) is 13.7. The Balaban J connectivity index is 2.88. The van der Waals surface area contributed by atoms with Crippen LogP contribution in [0.25, 0.3) is 0 Å². The molecule has 0 aliphatic carbocycles. The Morgan fingerprint density at radius 3 is 2.67 bits per heavy atom. The van der Waals surface area contributed by atoms with Gasteiger partial charge in [-0.2, -0.15) is 0 Å². The Hall–Kier alpha value is 0.690. The summed E-state index contributed by atoms with van der Waals surface area (Å²) in [5.74, 6) is 0.841. The van der Waals surface area contributed by atoms with Gasteiger partial charge in [-0.25, -0.2) is 0 Å². The highest BCUT2D eigenvalue weighted by atomic mass is 127. The van der Waals surface area contributed by atoms with Gasteiger partial charge in [0, 0.05) is 11.0 Å². The summed E-state index contributed by atoms with van der Waals surface area (Å²) in [6.45, 7) is 6.85. The van der Waals surface area contributed by atoms with Crippen LogP contribution in [-0.2, 0) is 0 Å². The third-order valence-corrected chi connectivity index (χ3v) is 2.00. The number of hydrogen-bond acceptors (Lipinski definition) is 1. The zero-order valence-corrected chi connectivity index (χ0v) is 8.44. The lowest BCUT2D eigenvalue weighted by Crippen LogP contribution is -2.22. The standard InChI is InChI=1S/C7H16IN/c1-3-7(2)6-9-5-4-8/h7,9H,3-6H2,1-2H3. The van der Waals surface area contributed by atoms with Gasteiger partial charge in [-0.05, 0) is 12.5 Å². The molecule has 0 saturated carbocycles. The molecule has 1 N–H and O–H groups in total. The van der Waals surface area contributed by atoms with Crippen LogP contribution < -0.4 is 5.32 Å². The minimum atomic E-state index is 0.841. The zero-order chi connectivity index (χ0) is 7.11. The summed E-state index contributed by atoms with van der Waals surface area (Å²) in [6.07, 6.45) is 1.29. The van der Waals surface area contributed by atoms with Crippen molar-refractivity contribution in [3.05, 3.63) is 0 Å². The van der Waals surface area contributed by atoms with Crippen LogP contribution >= 0.6 is 22.6 Å². The van der Waals surface area contributed by atoms with Crippen LogP contribution in [0.3, 0.4) is 0 Å². The van der Waals surface area contributed by atoms with Crippen molar-refractivity contribution in [2.45, 2.75) is 20.3 Å². The second-order valence-electron chi connectivity index (χ2n) is 2.41. The van der Waals surface area contributed by atoms with Crippen LogP contribution in [0, 0.1) is 5.92 Å². The molecular weight excluding hydrogens is 225 g/mol. The van der Waals surface area contributed by atoms with Gasteiger partial charge in [-0.3, -0.25) is 0 Å². The Labute approximate surface area is 71.7 Å². The highest BCUT2D eigenvalue weighted by Crippen LogP contribution is 1.96. The molecule has 0 aromatic carbocycles. The predicted octanol–water partition coefficient (Wildman–Crippen LogP) is 2.06. The van der Waals surface area contributed by atoms with E-state index < -0.39 is 0 Å². The van der Waals surface area contributed by atoms with E-state index in [1.165, 1.54) is 17.4 Å². The Bertz CT molecular complexity index is 56.9. The fraction of sp³-hybridized carbons (Fsp3) is 1.00. The lowest BCUT2D eigenvalue weighted by molar-refractivity contribution is 0.512. The van der Waals surface area contributed by atoms with Crippen molar-refractivity contribution in [3.63, 3.8) is 0 Å². The van der Waals surface area contributed by atoms with Crippen LogP contribution in [0.5, 0.6) is 0 Å². The number of halogens is 1. The van der Waals surface area contributed by atoms with Crippen LogP contribution in [-0.4, -0.2) is 17.5 Å². The smallest absolute Gasteiger partial charge is 0.0121 e. The molecule has 1 nitrogen and oxygen atoms in total. The van der Waals surface area contributed by atoms with Crippen LogP contribution in [0.4, 0.5) is 0 Å². The summed E-state index contributed by atoms with van der Waals surface area (Å²) < 4.78 is 1.22. The van der Waals surface area contributed by atoms with Gasteiger partial charge in [0.05, 0.1) is 0 Å². The first-order chi connectivity index (χ1) is 4.31. The Morgan fingerprint density at radius 1 is 1.56 bits per heavy atom. The molecule has 56 valence electrons. The molecule has 0 heterocycles. The van der Waals surface area contributed by atoms with Crippen molar-refractivity contribution < 1.29 is 0 Å². The molecular formula is C7H16IN. The monoisotopic (exact) mass is 241 g/mol. The third kappa shape index (κ3) is 6.58. The molecule has 0 aliphatic heterocycles.